The number of carbonyl (C=O) groups excluding carboxylic acids is 1. The van der Waals surface area contributed by atoms with Crippen LogP contribution in [-0.2, 0) is 0 Å². The Balaban J connectivity index is 2.00. The summed E-state index contributed by atoms with van der Waals surface area (Å²) in [7, 11) is 0. The fraction of sp³-hybridized carbons (Fsp3) is 0. The van der Waals surface area contributed by atoms with E-state index in [1.165, 1.54) is 24.3 Å². The number of amides is 1. The zero-order valence-electron chi connectivity index (χ0n) is 11.8. The molecule has 23 heavy (non-hydrogen) atoms. The molecule has 1 amide bonds. The van der Waals surface area contributed by atoms with Gasteiger partial charge in [0.25, 0.3) is 11.6 Å². The topological polar surface area (TPSA) is 84.3 Å². The van der Waals surface area contributed by atoms with E-state index < -0.39 is 10.8 Å². The summed E-state index contributed by atoms with van der Waals surface area (Å²) < 4.78 is 0. The van der Waals surface area contributed by atoms with E-state index in [0.29, 0.717) is 11.3 Å². The molecule has 0 spiro atoms. The van der Waals surface area contributed by atoms with E-state index in [1.807, 2.05) is 0 Å². The minimum Gasteiger partial charge on any atom is -0.332 e. The first-order valence-corrected chi connectivity index (χ1v) is 6.84. The van der Waals surface area contributed by atoms with Gasteiger partial charge in [0.05, 0.1) is 4.92 Å². The predicted octanol–water partition coefficient (Wildman–Crippen LogP) is 2.70. The number of nitro groups is 1. The van der Waals surface area contributed by atoms with Crippen LogP contribution in [0.3, 0.4) is 0 Å². The normalized spacial score (nSPS) is 9.52. The van der Waals surface area contributed by atoms with Crippen LogP contribution in [0.4, 0.5) is 11.4 Å². The third-order valence-corrected chi connectivity index (χ3v) is 3.06. The number of hydrogen-bond donors (Lipinski definition) is 2. The molecule has 114 valence electrons. The third kappa shape index (κ3) is 4.36. The van der Waals surface area contributed by atoms with Crippen molar-refractivity contribution in [2.24, 2.45) is 0 Å². The zero-order valence-corrected chi connectivity index (χ0v) is 12.6. The Morgan fingerprint density at radius 3 is 2.52 bits per heavy atom. The second-order valence-electron chi connectivity index (χ2n) is 4.44. The van der Waals surface area contributed by atoms with Crippen molar-refractivity contribution in [3.8, 4) is 12.3 Å². The van der Waals surface area contributed by atoms with E-state index >= 15 is 0 Å². The number of nitrogens with zero attached hydrogens (tertiary/aromatic N) is 1. The van der Waals surface area contributed by atoms with Gasteiger partial charge in [0.15, 0.2) is 5.11 Å². The smallest absolute Gasteiger partial charge is 0.269 e. The van der Waals surface area contributed by atoms with Crippen molar-refractivity contribution < 1.29 is 9.72 Å². The molecule has 2 aromatic rings. The Morgan fingerprint density at radius 1 is 1.22 bits per heavy atom. The number of thiocarbonyl (C=S) groups is 1. The molecule has 0 fully saturated rings. The van der Waals surface area contributed by atoms with Crippen molar-refractivity contribution in [1.29, 1.82) is 0 Å². The monoisotopic (exact) mass is 325 g/mol. The number of nitro benzene ring substituents is 1. The molecule has 6 nitrogen and oxygen atoms in total. The average molecular weight is 325 g/mol. The largest absolute Gasteiger partial charge is 0.332 e. The lowest BCUT2D eigenvalue weighted by Gasteiger charge is -2.09. The minimum absolute atomic E-state index is 0.0895. The second-order valence-corrected chi connectivity index (χ2v) is 4.85. The lowest BCUT2D eigenvalue weighted by molar-refractivity contribution is -0.384. The van der Waals surface area contributed by atoms with E-state index in [4.69, 9.17) is 18.6 Å². The van der Waals surface area contributed by atoms with Crippen molar-refractivity contribution in [1.82, 2.24) is 5.32 Å². The first kappa shape index (κ1) is 16.1. The molecule has 0 aliphatic heterocycles. The van der Waals surface area contributed by atoms with Gasteiger partial charge in [-0.1, -0.05) is 12.0 Å². The number of anilines is 1. The summed E-state index contributed by atoms with van der Waals surface area (Å²) in [5.74, 6) is 2.03. The molecular formula is C16H11N3O3S. The maximum Gasteiger partial charge on any atom is 0.269 e. The molecule has 0 aliphatic carbocycles. The van der Waals surface area contributed by atoms with Gasteiger partial charge in [0, 0.05) is 28.9 Å². The lowest BCUT2D eigenvalue weighted by atomic mass is 10.2. The van der Waals surface area contributed by atoms with E-state index in [-0.39, 0.29) is 16.4 Å². The Labute approximate surface area is 137 Å². The van der Waals surface area contributed by atoms with Gasteiger partial charge >= 0.3 is 0 Å². The van der Waals surface area contributed by atoms with E-state index in [2.05, 4.69) is 16.6 Å². The van der Waals surface area contributed by atoms with Crippen LogP contribution in [0, 0.1) is 22.5 Å². The molecule has 0 heterocycles. The molecule has 7 heteroatoms. The molecule has 2 N–H and O–H groups in total. The highest BCUT2D eigenvalue weighted by atomic mass is 32.1. The fourth-order valence-corrected chi connectivity index (χ4v) is 1.97. The van der Waals surface area contributed by atoms with Crippen LogP contribution in [-0.4, -0.2) is 15.9 Å². The van der Waals surface area contributed by atoms with Gasteiger partial charge in [0.1, 0.15) is 0 Å². The summed E-state index contributed by atoms with van der Waals surface area (Å²) in [5, 5.41) is 16.0. The van der Waals surface area contributed by atoms with Crippen molar-refractivity contribution in [2.45, 2.75) is 0 Å². The van der Waals surface area contributed by atoms with Gasteiger partial charge < -0.3 is 5.32 Å². The highest BCUT2D eigenvalue weighted by Gasteiger charge is 2.10. The molecule has 2 rings (SSSR count). The number of carbonyl (C=O) groups is 1. The quantitative estimate of drug-likeness (QED) is 0.392. The summed E-state index contributed by atoms with van der Waals surface area (Å²) in [6.45, 7) is 0. The minimum atomic E-state index is -0.535. The van der Waals surface area contributed by atoms with E-state index in [0.717, 1.165) is 0 Å². The Kier molecular flexibility index (Phi) is 5.02. The summed E-state index contributed by atoms with van der Waals surface area (Å²) >= 11 is 5.06. The summed E-state index contributed by atoms with van der Waals surface area (Å²) in [6, 6.07) is 12.2. The Morgan fingerprint density at radius 2 is 1.91 bits per heavy atom. The summed E-state index contributed by atoms with van der Waals surface area (Å²) in [6.07, 6.45) is 5.31. The van der Waals surface area contributed by atoms with Crippen molar-refractivity contribution in [3.05, 3.63) is 69.8 Å². The number of nitrogens with one attached hydrogen (secondary N) is 2. The van der Waals surface area contributed by atoms with E-state index in [9.17, 15) is 14.9 Å². The molecule has 0 bridgehead atoms. The van der Waals surface area contributed by atoms with Gasteiger partial charge in [-0.05, 0) is 42.5 Å². The predicted molar refractivity (Wildman–Crippen MR) is 91.2 cm³/mol. The average Bonchev–Trinajstić information content (AvgIpc) is 2.54. The first-order chi connectivity index (χ1) is 11.0. The third-order valence-electron chi connectivity index (χ3n) is 2.85. The van der Waals surface area contributed by atoms with Gasteiger partial charge in [-0.3, -0.25) is 20.2 Å². The van der Waals surface area contributed by atoms with E-state index in [1.54, 1.807) is 24.3 Å². The molecular weight excluding hydrogens is 314 g/mol. The maximum atomic E-state index is 12.0. The molecule has 0 aromatic heterocycles. The summed E-state index contributed by atoms with van der Waals surface area (Å²) in [4.78, 5) is 22.0. The van der Waals surface area contributed by atoms with Crippen molar-refractivity contribution in [3.63, 3.8) is 0 Å². The number of non-ortho nitro benzene ring substituents is 1. The molecule has 0 unspecified atom stereocenters. The number of hydrogen-bond acceptors (Lipinski definition) is 4. The Hall–Kier alpha value is -3.24. The van der Waals surface area contributed by atoms with Crippen molar-refractivity contribution in [2.75, 3.05) is 5.32 Å². The fourth-order valence-electron chi connectivity index (χ4n) is 1.76. The summed E-state index contributed by atoms with van der Waals surface area (Å²) in [5.41, 5.74) is 1.50. The SMILES string of the molecule is C#Cc1cccc(NC(=S)NC(=O)c2ccc([N+](=O)[O-])cc2)c1. The number of rotatable bonds is 3. The molecule has 0 atom stereocenters. The maximum absolute atomic E-state index is 12.0. The Bertz CT molecular complexity index is 810. The first-order valence-electron chi connectivity index (χ1n) is 6.43. The zero-order chi connectivity index (χ0) is 16.8. The molecule has 0 aliphatic rings. The van der Waals surface area contributed by atoms with Crippen LogP contribution in [0.1, 0.15) is 15.9 Å². The lowest BCUT2D eigenvalue weighted by Crippen LogP contribution is -2.34. The highest BCUT2D eigenvalue weighted by Crippen LogP contribution is 2.12. The van der Waals surface area contributed by atoms with Gasteiger partial charge in [-0.2, -0.15) is 0 Å². The number of terminal acetylenes is 1. The van der Waals surface area contributed by atoms with Crippen LogP contribution in [0.2, 0.25) is 0 Å². The standard InChI is InChI=1S/C16H11N3O3S/c1-2-11-4-3-5-13(10-11)17-16(23)18-15(20)12-6-8-14(9-7-12)19(21)22/h1,3-10H,(H2,17,18,20,23). The van der Waals surface area contributed by atoms with Crippen LogP contribution in [0.15, 0.2) is 48.5 Å². The van der Waals surface area contributed by atoms with Crippen LogP contribution < -0.4 is 10.6 Å². The number of benzene rings is 2. The van der Waals surface area contributed by atoms with Gasteiger partial charge in [0.2, 0.25) is 0 Å². The van der Waals surface area contributed by atoms with Crippen molar-refractivity contribution >= 4 is 34.6 Å². The molecule has 0 radical (unpaired) electrons. The van der Waals surface area contributed by atoms with Crippen LogP contribution >= 0.6 is 12.2 Å². The van der Waals surface area contributed by atoms with Gasteiger partial charge in [-0.15, -0.1) is 6.42 Å². The van der Waals surface area contributed by atoms with Crippen LogP contribution in [0.5, 0.6) is 0 Å². The highest BCUT2D eigenvalue weighted by molar-refractivity contribution is 7.80. The van der Waals surface area contributed by atoms with Crippen LogP contribution in [0.25, 0.3) is 0 Å². The molecule has 2 aromatic carbocycles. The molecule has 0 saturated heterocycles. The van der Waals surface area contributed by atoms with Gasteiger partial charge in [-0.25, -0.2) is 0 Å². The second kappa shape index (κ2) is 7.15. The molecule has 0 saturated carbocycles.